The Morgan fingerprint density at radius 1 is 1.67 bits per heavy atom. The van der Waals surface area contributed by atoms with E-state index in [-0.39, 0.29) is 0 Å². The van der Waals surface area contributed by atoms with Gasteiger partial charge in [-0.1, -0.05) is 11.6 Å². The van der Waals surface area contributed by atoms with E-state index in [1.165, 1.54) is 0 Å². The minimum Gasteiger partial charge on any atom is -0.476 e. The van der Waals surface area contributed by atoms with Crippen LogP contribution in [0.2, 0.25) is 4.34 Å². The Kier molecular flexibility index (Phi) is 2.83. The van der Waals surface area contributed by atoms with E-state index in [0.29, 0.717) is 9.21 Å². The van der Waals surface area contributed by atoms with Crippen LogP contribution >= 0.6 is 22.9 Å². The fourth-order valence-corrected chi connectivity index (χ4v) is 1.58. The molecule has 0 aliphatic carbocycles. The summed E-state index contributed by atoms with van der Waals surface area (Å²) in [6.07, 6.45) is 0.929. The summed E-state index contributed by atoms with van der Waals surface area (Å²) in [5, 5.41) is 8.18. The molecule has 0 saturated heterocycles. The van der Waals surface area contributed by atoms with Gasteiger partial charge >= 0.3 is 5.97 Å². The van der Waals surface area contributed by atoms with E-state index in [1.54, 1.807) is 12.1 Å². The highest BCUT2D eigenvalue weighted by atomic mass is 35.5. The highest BCUT2D eigenvalue weighted by Crippen LogP contribution is 2.23. The van der Waals surface area contributed by atoms with Crippen molar-refractivity contribution < 1.29 is 14.3 Å². The van der Waals surface area contributed by atoms with Crippen molar-refractivity contribution in [3.8, 4) is 0 Å². The van der Waals surface area contributed by atoms with Crippen molar-refractivity contribution in [2.75, 3.05) is 0 Å². The Labute approximate surface area is 76.9 Å². The second kappa shape index (κ2) is 3.69. The molecule has 0 unspecified atom stereocenters. The third-order valence-corrected chi connectivity index (χ3v) is 2.25. The average molecular weight is 207 g/mol. The lowest BCUT2D eigenvalue weighted by molar-refractivity contribution is -0.134. The molecular formula is C7H4ClFO2S. The molecule has 0 atom stereocenters. The number of carbonyl (C=O) groups is 1. The number of halogens is 2. The minimum atomic E-state index is -1.57. The van der Waals surface area contributed by atoms with Crippen LogP contribution in [0.1, 0.15) is 4.88 Å². The summed E-state index contributed by atoms with van der Waals surface area (Å²) in [5.41, 5.74) is 0. The van der Waals surface area contributed by atoms with Crippen LogP contribution in [0.15, 0.2) is 18.0 Å². The third kappa shape index (κ3) is 2.32. The second-order valence-corrected chi connectivity index (χ2v) is 3.69. The molecule has 1 heterocycles. The van der Waals surface area contributed by atoms with Gasteiger partial charge in [0.15, 0.2) is 0 Å². The molecule has 1 N–H and O–H groups in total. The highest BCUT2D eigenvalue weighted by molar-refractivity contribution is 7.17. The van der Waals surface area contributed by atoms with Crippen molar-refractivity contribution in [3.63, 3.8) is 0 Å². The van der Waals surface area contributed by atoms with Gasteiger partial charge in [-0.3, -0.25) is 0 Å². The number of aliphatic carboxylic acids is 1. The van der Waals surface area contributed by atoms with Crippen molar-refractivity contribution >= 4 is 35.0 Å². The van der Waals surface area contributed by atoms with Gasteiger partial charge in [-0.15, -0.1) is 11.3 Å². The maximum atomic E-state index is 12.4. The van der Waals surface area contributed by atoms with Gasteiger partial charge in [-0.2, -0.15) is 4.39 Å². The largest absolute Gasteiger partial charge is 0.476 e. The van der Waals surface area contributed by atoms with Gasteiger partial charge in [-0.25, -0.2) is 4.79 Å². The molecule has 0 saturated carbocycles. The minimum absolute atomic E-state index is 0.486. The van der Waals surface area contributed by atoms with Gasteiger partial charge in [0.25, 0.3) is 0 Å². The predicted octanol–water partition coefficient (Wildman–Crippen LogP) is 2.80. The third-order valence-electron chi connectivity index (χ3n) is 1.07. The Hall–Kier alpha value is -0.870. The molecule has 0 fully saturated rings. The first-order valence-electron chi connectivity index (χ1n) is 2.95. The highest BCUT2D eigenvalue weighted by Gasteiger charge is 2.05. The lowest BCUT2D eigenvalue weighted by Crippen LogP contribution is -1.93. The van der Waals surface area contributed by atoms with Crippen LogP contribution in [0.3, 0.4) is 0 Å². The molecule has 0 amide bonds. The van der Waals surface area contributed by atoms with Gasteiger partial charge in [-0.05, 0) is 18.2 Å². The first kappa shape index (κ1) is 9.22. The summed E-state index contributed by atoms with van der Waals surface area (Å²) in [7, 11) is 0. The Morgan fingerprint density at radius 2 is 2.33 bits per heavy atom. The number of hydrogen-bond acceptors (Lipinski definition) is 2. The van der Waals surface area contributed by atoms with Gasteiger partial charge in [0.05, 0.1) is 4.34 Å². The smallest absolute Gasteiger partial charge is 0.364 e. The first-order valence-corrected chi connectivity index (χ1v) is 4.15. The average Bonchev–Trinajstić information content (AvgIpc) is 2.35. The fraction of sp³-hybridized carbons (Fsp3) is 0. The van der Waals surface area contributed by atoms with Crippen molar-refractivity contribution in [1.29, 1.82) is 0 Å². The Balaban J connectivity index is 2.87. The molecule has 0 bridgehead atoms. The number of carboxylic acid groups (broad SMARTS) is 1. The lowest BCUT2D eigenvalue weighted by atomic mass is 10.4. The number of carboxylic acids is 1. The summed E-state index contributed by atoms with van der Waals surface area (Å²) in [6, 6.07) is 3.13. The maximum Gasteiger partial charge on any atom is 0.364 e. The van der Waals surface area contributed by atoms with Crippen LogP contribution in [0, 0.1) is 0 Å². The van der Waals surface area contributed by atoms with Gasteiger partial charge in [0.2, 0.25) is 5.83 Å². The van der Waals surface area contributed by atoms with Crippen LogP contribution in [-0.2, 0) is 4.79 Å². The van der Waals surface area contributed by atoms with E-state index in [0.717, 1.165) is 17.4 Å². The molecule has 64 valence electrons. The van der Waals surface area contributed by atoms with Crippen molar-refractivity contribution in [1.82, 2.24) is 0 Å². The van der Waals surface area contributed by atoms with Crippen LogP contribution in [0.25, 0.3) is 6.08 Å². The standard InChI is InChI=1S/C7H4ClFO2S/c8-6-2-1-4(12-6)3-5(9)7(10)11/h1-3H,(H,10,11)/b5-3-. The first-order chi connectivity index (χ1) is 5.59. The molecule has 0 aliphatic rings. The SMILES string of the molecule is O=C(O)/C(F)=C/c1ccc(Cl)s1. The molecule has 1 aromatic rings. The molecule has 0 aromatic carbocycles. The second-order valence-electron chi connectivity index (χ2n) is 1.94. The van der Waals surface area contributed by atoms with Crippen molar-refractivity contribution in [2.24, 2.45) is 0 Å². The molecule has 0 spiro atoms. The Morgan fingerprint density at radius 3 is 2.75 bits per heavy atom. The zero-order valence-corrected chi connectivity index (χ0v) is 7.32. The normalized spacial score (nSPS) is 11.7. The Bertz CT molecular complexity index is 332. The molecule has 12 heavy (non-hydrogen) atoms. The topological polar surface area (TPSA) is 37.3 Å². The van der Waals surface area contributed by atoms with Gasteiger partial charge in [0.1, 0.15) is 0 Å². The summed E-state index contributed by atoms with van der Waals surface area (Å²) in [5.74, 6) is -2.76. The number of hydrogen-bond donors (Lipinski definition) is 1. The number of thiophene rings is 1. The van der Waals surface area contributed by atoms with Crippen LogP contribution in [0.4, 0.5) is 4.39 Å². The van der Waals surface area contributed by atoms with E-state index >= 15 is 0 Å². The molecule has 2 nitrogen and oxygen atoms in total. The molecular weight excluding hydrogens is 203 g/mol. The van der Waals surface area contributed by atoms with Crippen LogP contribution in [0.5, 0.6) is 0 Å². The van der Waals surface area contributed by atoms with Crippen molar-refractivity contribution in [2.45, 2.75) is 0 Å². The molecule has 1 aromatic heterocycles. The molecule has 0 aliphatic heterocycles. The lowest BCUT2D eigenvalue weighted by Gasteiger charge is -1.85. The summed E-state index contributed by atoms with van der Waals surface area (Å²) in [6.45, 7) is 0. The zero-order valence-electron chi connectivity index (χ0n) is 5.75. The molecule has 1 rings (SSSR count). The van der Waals surface area contributed by atoms with Crippen LogP contribution in [-0.4, -0.2) is 11.1 Å². The zero-order chi connectivity index (χ0) is 9.14. The summed E-state index contributed by atoms with van der Waals surface area (Å²) >= 11 is 6.66. The van der Waals surface area contributed by atoms with Gasteiger partial charge < -0.3 is 5.11 Å². The fourth-order valence-electron chi connectivity index (χ4n) is 0.592. The number of rotatable bonds is 2. The molecule has 5 heteroatoms. The van der Waals surface area contributed by atoms with Crippen molar-refractivity contribution in [3.05, 3.63) is 27.2 Å². The molecule has 0 radical (unpaired) electrons. The van der Waals surface area contributed by atoms with E-state index in [4.69, 9.17) is 16.7 Å². The van der Waals surface area contributed by atoms with E-state index in [1.807, 2.05) is 0 Å². The van der Waals surface area contributed by atoms with E-state index in [2.05, 4.69) is 0 Å². The predicted molar refractivity (Wildman–Crippen MR) is 46.0 cm³/mol. The summed E-state index contributed by atoms with van der Waals surface area (Å²) < 4.78 is 12.9. The quantitative estimate of drug-likeness (QED) is 0.756. The van der Waals surface area contributed by atoms with E-state index < -0.39 is 11.8 Å². The summed E-state index contributed by atoms with van der Waals surface area (Å²) in [4.78, 5) is 10.5. The van der Waals surface area contributed by atoms with Crippen LogP contribution < -0.4 is 0 Å². The van der Waals surface area contributed by atoms with Gasteiger partial charge in [0, 0.05) is 4.88 Å². The van der Waals surface area contributed by atoms with E-state index in [9.17, 15) is 9.18 Å². The monoisotopic (exact) mass is 206 g/mol. The maximum absolute atomic E-state index is 12.4.